The summed E-state index contributed by atoms with van der Waals surface area (Å²) in [4.78, 5) is 12.3. The maximum atomic E-state index is 8.43. The second-order valence-electron chi connectivity index (χ2n) is 3.16. The minimum Gasteiger partial charge on any atom is -0.382 e. The van der Waals surface area contributed by atoms with Gasteiger partial charge in [0.2, 0.25) is 5.96 Å². The average molecular weight is 265 g/mol. The van der Waals surface area contributed by atoms with E-state index in [2.05, 4.69) is 25.6 Å². The number of aliphatic imine (C=N–C) groups is 1. The highest BCUT2D eigenvalue weighted by molar-refractivity contribution is 7.98. The molecule has 0 spiro atoms. The summed E-state index contributed by atoms with van der Waals surface area (Å²) < 4.78 is 0. The number of nitrogen functional groups attached to an aromatic ring is 1. The highest BCUT2D eigenvalue weighted by Crippen LogP contribution is 2.13. The molecule has 0 bridgehead atoms. The maximum Gasteiger partial charge on any atom is 0.204 e. The van der Waals surface area contributed by atoms with Gasteiger partial charge in [-0.15, -0.1) is 0 Å². The molecule has 0 radical (unpaired) electrons. The molecule has 0 saturated carbocycles. The van der Waals surface area contributed by atoms with Gasteiger partial charge in [-0.3, -0.25) is 15.3 Å². The molecule has 8 heteroatoms. The Balaban J connectivity index is 2.27. The van der Waals surface area contributed by atoms with E-state index in [0.29, 0.717) is 24.1 Å². The van der Waals surface area contributed by atoms with Gasteiger partial charge in [-0.25, -0.2) is 4.98 Å². The van der Waals surface area contributed by atoms with Crippen molar-refractivity contribution in [1.82, 2.24) is 20.6 Å². The molecule has 0 aliphatic heterocycles. The van der Waals surface area contributed by atoms with Gasteiger partial charge < -0.3 is 11.1 Å². The lowest BCUT2D eigenvalue weighted by atomic mass is 10.5. The summed E-state index contributed by atoms with van der Waals surface area (Å²) in [7, 11) is 1.70. The fraction of sp³-hybridized carbons (Fsp3) is 0.400. The van der Waals surface area contributed by atoms with Crippen molar-refractivity contribution in [2.75, 3.05) is 25.1 Å². The van der Waals surface area contributed by atoms with Crippen LogP contribution in [0.5, 0.6) is 0 Å². The molecule has 18 heavy (non-hydrogen) atoms. The van der Waals surface area contributed by atoms with Crippen molar-refractivity contribution in [2.24, 2.45) is 4.99 Å². The van der Waals surface area contributed by atoms with E-state index >= 15 is 0 Å². The minimum absolute atomic E-state index is 0.468. The molecule has 0 amide bonds. The molecule has 0 saturated heterocycles. The molecule has 0 fully saturated rings. The molecule has 0 unspecified atom stereocenters. The van der Waals surface area contributed by atoms with Crippen molar-refractivity contribution in [1.29, 1.82) is 5.26 Å². The van der Waals surface area contributed by atoms with Crippen molar-refractivity contribution in [3.8, 4) is 6.19 Å². The quantitative estimate of drug-likeness (QED) is 0.225. The highest BCUT2D eigenvalue weighted by Gasteiger charge is 2.00. The number of nitriles is 1. The Labute approximate surface area is 110 Å². The van der Waals surface area contributed by atoms with Gasteiger partial charge in [0.15, 0.2) is 6.19 Å². The van der Waals surface area contributed by atoms with Gasteiger partial charge in [0.25, 0.3) is 0 Å². The van der Waals surface area contributed by atoms with Crippen molar-refractivity contribution < 1.29 is 0 Å². The van der Waals surface area contributed by atoms with Gasteiger partial charge in [-0.1, -0.05) is 0 Å². The predicted molar refractivity (Wildman–Crippen MR) is 72.7 cm³/mol. The zero-order valence-electron chi connectivity index (χ0n) is 10.1. The van der Waals surface area contributed by atoms with Gasteiger partial charge >= 0.3 is 0 Å². The molecular weight excluding hydrogens is 250 g/mol. The van der Waals surface area contributed by atoms with E-state index in [1.54, 1.807) is 31.2 Å². The van der Waals surface area contributed by atoms with E-state index in [-0.39, 0.29) is 0 Å². The summed E-state index contributed by atoms with van der Waals surface area (Å²) in [6.07, 6.45) is 5.00. The van der Waals surface area contributed by atoms with E-state index in [0.717, 1.165) is 11.4 Å². The summed E-state index contributed by atoms with van der Waals surface area (Å²) in [5, 5.41) is 13.7. The first-order chi connectivity index (χ1) is 8.77. The van der Waals surface area contributed by atoms with Crippen LogP contribution in [0, 0.1) is 11.5 Å². The molecule has 1 rings (SSSR count). The van der Waals surface area contributed by atoms with Crippen LogP contribution in [0.2, 0.25) is 0 Å². The van der Waals surface area contributed by atoms with Crippen molar-refractivity contribution in [2.45, 2.75) is 5.75 Å². The van der Waals surface area contributed by atoms with Gasteiger partial charge in [0.05, 0.1) is 12.2 Å². The van der Waals surface area contributed by atoms with Gasteiger partial charge in [-0.2, -0.15) is 17.0 Å². The lowest BCUT2D eigenvalue weighted by Gasteiger charge is -2.03. The van der Waals surface area contributed by atoms with Crippen molar-refractivity contribution >= 4 is 23.5 Å². The smallest absolute Gasteiger partial charge is 0.204 e. The van der Waals surface area contributed by atoms with Crippen LogP contribution in [0.15, 0.2) is 17.4 Å². The number of nitrogens with two attached hydrogens (primary N) is 1. The summed E-state index contributed by atoms with van der Waals surface area (Å²) in [6.45, 7) is 0.607. The molecule has 1 aromatic heterocycles. The highest BCUT2D eigenvalue weighted by atomic mass is 32.2. The summed E-state index contributed by atoms with van der Waals surface area (Å²) >= 11 is 1.66. The number of hydrogen-bond donors (Lipinski definition) is 3. The number of thioether (sulfide) groups is 1. The molecule has 7 nitrogen and oxygen atoms in total. The number of hydrogen-bond acceptors (Lipinski definition) is 6. The van der Waals surface area contributed by atoms with E-state index in [1.165, 1.54) is 0 Å². The van der Waals surface area contributed by atoms with Crippen LogP contribution in [-0.4, -0.2) is 35.3 Å². The van der Waals surface area contributed by atoms with Gasteiger partial charge in [-0.05, 0) is 0 Å². The molecule has 96 valence electrons. The van der Waals surface area contributed by atoms with Crippen LogP contribution in [0.4, 0.5) is 5.82 Å². The molecule has 0 atom stereocenters. The fourth-order valence-corrected chi connectivity index (χ4v) is 1.89. The van der Waals surface area contributed by atoms with Crippen molar-refractivity contribution in [3.63, 3.8) is 0 Å². The zero-order valence-corrected chi connectivity index (χ0v) is 10.9. The van der Waals surface area contributed by atoms with E-state index in [4.69, 9.17) is 11.0 Å². The summed E-state index contributed by atoms with van der Waals surface area (Å²) in [5.74, 6) is 2.46. The third-order valence-electron chi connectivity index (χ3n) is 1.96. The van der Waals surface area contributed by atoms with E-state index in [9.17, 15) is 0 Å². The van der Waals surface area contributed by atoms with Gasteiger partial charge in [0, 0.05) is 30.9 Å². The second-order valence-corrected chi connectivity index (χ2v) is 4.26. The molecule has 1 heterocycles. The monoisotopic (exact) mass is 265 g/mol. The predicted octanol–water partition coefficient (Wildman–Crippen LogP) is -0.0619. The Morgan fingerprint density at radius 1 is 1.56 bits per heavy atom. The summed E-state index contributed by atoms with van der Waals surface area (Å²) in [5.41, 5.74) is 6.46. The van der Waals surface area contributed by atoms with Gasteiger partial charge in [0.1, 0.15) is 5.82 Å². The van der Waals surface area contributed by atoms with Crippen LogP contribution in [0.1, 0.15) is 5.69 Å². The first kappa shape index (κ1) is 14.1. The van der Waals surface area contributed by atoms with Crippen LogP contribution < -0.4 is 16.4 Å². The lowest BCUT2D eigenvalue weighted by molar-refractivity contribution is 1.01. The Kier molecular flexibility index (Phi) is 6.35. The normalized spacial score (nSPS) is 10.8. The second kappa shape index (κ2) is 8.14. The number of aromatic nitrogens is 2. The van der Waals surface area contributed by atoms with Crippen LogP contribution >= 0.6 is 11.8 Å². The number of nitrogens with one attached hydrogen (secondary N) is 2. The molecule has 0 aromatic carbocycles. The maximum absolute atomic E-state index is 8.43. The minimum atomic E-state index is 0.468. The number of guanidine groups is 1. The number of nitrogens with zero attached hydrogens (tertiary/aromatic N) is 4. The van der Waals surface area contributed by atoms with Crippen LogP contribution in [-0.2, 0) is 5.75 Å². The third kappa shape index (κ3) is 4.88. The van der Waals surface area contributed by atoms with Crippen LogP contribution in [0.3, 0.4) is 0 Å². The summed E-state index contributed by atoms with van der Waals surface area (Å²) in [6, 6.07) is 0. The molecular formula is C10H15N7S. The number of rotatable bonds is 5. The lowest BCUT2D eigenvalue weighted by Crippen LogP contribution is -2.31. The first-order valence-electron chi connectivity index (χ1n) is 5.28. The average Bonchev–Trinajstić information content (AvgIpc) is 2.39. The molecule has 1 aromatic rings. The number of anilines is 1. The standard InChI is InChI=1S/C10H15N7S/c1-13-10(17-7-11)16-4-5-18-6-8-9(12)15-3-2-14-8/h2-3H,4-6H2,1H3,(H2,12,15)(H2,13,16,17). The largest absolute Gasteiger partial charge is 0.382 e. The Morgan fingerprint density at radius 2 is 2.33 bits per heavy atom. The molecule has 0 aliphatic rings. The fourth-order valence-electron chi connectivity index (χ4n) is 1.11. The zero-order chi connectivity index (χ0) is 13.2. The molecule has 0 aliphatic carbocycles. The van der Waals surface area contributed by atoms with Crippen molar-refractivity contribution in [3.05, 3.63) is 18.1 Å². The van der Waals surface area contributed by atoms with E-state index in [1.807, 2.05) is 6.19 Å². The Morgan fingerprint density at radius 3 is 3.00 bits per heavy atom. The topological polar surface area (TPSA) is 112 Å². The third-order valence-corrected chi connectivity index (χ3v) is 2.91. The Hall–Kier alpha value is -2.01. The SMILES string of the molecule is CN/C(=N/CCSCc1nccnc1N)NC#N. The van der Waals surface area contributed by atoms with E-state index < -0.39 is 0 Å². The first-order valence-corrected chi connectivity index (χ1v) is 6.43. The Bertz CT molecular complexity index is 440. The molecule has 4 N–H and O–H groups in total. The van der Waals surface area contributed by atoms with Crippen LogP contribution in [0.25, 0.3) is 0 Å².